The number of non-ortho nitro benzene ring substituents is 1. The number of rotatable bonds is 4. The zero-order valence-corrected chi connectivity index (χ0v) is 13.3. The van der Waals surface area contributed by atoms with Crippen molar-refractivity contribution < 1.29 is 17.7 Å². The van der Waals surface area contributed by atoms with Crippen molar-refractivity contribution in [2.24, 2.45) is 0 Å². The maximum absolute atomic E-state index is 13.1. The molecule has 2 aromatic rings. The molecule has 0 radical (unpaired) electrons. The third-order valence-electron chi connectivity index (χ3n) is 2.76. The Morgan fingerprint density at radius 3 is 2.32 bits per heavy atom. The zero-order chi connectivity index (χ0) is 16.3. The summed E-state index contributed by atoms with van der Waals surface area (Å²) < 4.78 is 37.5. The number of nitro groups is 1. The average molecular weight is 386 g/mol. The Bertz CT molecular complexity index is 848. The molecule has 22 heavy (non-hydrogen) atoms. The second-order valence-corrected chi connectivity index (χ2v) is 6.96. The van der Waals surface area contributed by atoms with Gasteiger partial charge in [-0.2, -0.15) is 0 Å². The van der Waals surface area contributed by atoms with Crippen molar-refractivity contribution in [3.05, 3.63) is 73.8 Å². The highest BCUT2D eigenvalue weighted by Crippen LogP contribution is 2.20. The quantitative estimate of drug-likeness (QED) is 0.589. The highest BCUT2D eigenvalue weighted by Gasteiger charge is 2.13. The van der Waals surface area contributed by atoms with E-state index in [9.17, 15) is 22.9 Å². The van der Waals surface area contributed by atoms with Crippen molar-refractivity contribution in [2.45, 2.75) is 4.90 Å². The number of nitro benzene ring substituents is 1. The molecule has 0 aliphatic heterocycles. The van der Waals surface area contributed by atoms with E-state index < -0.39 is 20.6 Å². The van der Waals surface area contributed by atoms with Crippen molar-refractivity contribution in [3.8, 4) is 0 Å². The first-order valence-corrected chi connectivity index (χ1v) is 8.26. The van der Waals surface area contributed by atoms with E-state index in [1.807, 2.05) is 0 Å². The van der Waals surface area contributed by atoms with E-state index in [0.717, 1.165) is 17.5 Å². The van der Waals surface area contributed by atoms with E-state index >= 15 is 0 Å². The molecular weight excluding hydrogens is 377 g/mol. The number of hydrogen-bond donors (Lipinski definition) is 0. The van der Waals surface area contributed by atoms with Crippen molar-refractivity contribution in [1.29, 1.82) is 0 Å². The van der Waals surface area contributed by atoms with Gasteiger partial charge in [-0.1, -0.05) is 6.07 Å². The number of hydrogen-bond acceptors (Lipinski definition) is 4. The summed E-state index contributed by atoms with van der Waals surface area (Å²) in [6, 6.07) is 8.66. The lowest BCUT2D eigenvalue weighted by Gasteiger charge is -2.00. The molecule has 0 N–H and O–H groups in total. The predicted octanol–water partition coefficient (Wildman–Crippen LogP) is 3.94. The van der Waals surface area contributed by atoms with Crippen LogP contribution in [0.15, 0.2) is 57.2 Å². The molecule has 114 valence electrons. The molecule has 0 atom stereocenters. The molecular formula is C14H9BrFNO4S. The van der Waals surface area contributed by atoms with Crippen LogP contribution in [0.2, 0.25) is 0 Å². The lowest BCUT2D eigenvalue weighted by molar-refractivity contribution is -0.384. The maximum Gasteiger partial charge on any atom is 0.269 e. The molecule has 5 nitrogen and oxygen atoms in total. The molecule has 0 aliphatic carbocycles. The van der Waals surface area contributed by atoms with Crippen molar-refractivity contribution in [3.63, 3.8) is 0 Å². The number of halogens is 2. The fourth-order valence-electron chi connectivity index (χ4n) is 1.62. The normalized spacial score (nSPS) is 11.7. The summed E-state index contributed by atoms with van der Waals surface area (Å²) in [4.78, 5) is 9.87. The molecule has 0 heterocycles. The van der Waals surface area contributed by atoms with E-state index in [1.54, 1.807) is 0 Å². The first-order chi connectivity index (χ1) is 10.3. The van der Waals surface area contributed by atoms with Crippen LogP contribution in [0.5, 0.6) is 0 Å². The highest BCUT2D eigenvalue weighted by atomic mass is 79.9. The van der Waals surface area contributed by atoms with Gasteiger partial charge in [-0.15, -0.1) is 0 Å². The van der Waals surface area contributed by atoms with Gasteiger partial charge in [-0.3, -0.25) is 10.1 Å². The first-order valence-electron chi connectivity index (χ1n) is 5.92. The second kappa shape index (κ2) is 6.37. The number of nitrogens with zero attached hydrogens (tertiary/aromatic N) is 1. The minimum Gasteiger partial charge on any atom is -0.258 e. The highest BCUT2D eigenvalue weighted by molar-refractivity contribution is 9.10. The molecule has 0 bridgehead atoms. The Morgan fingerprint density at radius 2 is 1.77 bits per heavy atom. The van der Waals surface area contributed by atoms with Gasteiger partial charge in [0, 0.05) is 17.5 Å². The third-order valence-corrected chi connectivity index (χ3v) is 4.79. The molecule has 0 unspecified atom stereocenters. The lowest BCUT2D eigenvalue weighted by Crippen LogP contribution is -1.96. The van der Waals surface area contributed by atoms with Gasteiger partial charge in [0.15, 0.2) is 9.84 Å². The van der Waals surface area contributed by atoms with Crippen LogP contribution in [0.25, 0.3) is 6.08 Å². The van der Waals surface area contributed by atoms with Gasteiger partial charge >= 0.3 is 0 Å². The summed E-state index contributed by atoms with van der Waals surface area (Å²) in [5.74, 6) is -0.449. The Labute approximate surface area is 134 Å². The van der Waals surface area contributed by atoms with Crippen LogP contribution in [0, 0.1) is 15.9 Å². The Balaban J connectivity index is 2.28. The molecule has 0 amide bonds. The minimum absolute atomic E-state index is 0.0597. The molecule has 0 saturated carbocycles. The van der Waals surface area contributed by atoms with E-state index in [1.165, 1.54) is 36.4 Å². The van der Waals surface area contributed by atoms with Crippen LogP contribution in [-0.2, 0) is 9.84 Å². The molecule has 0 aliphatic rings. The van der Waals surface area contributed by atoms with Crippen LogP contribution in [0.3, 0.4) is 0 Å². The van der Waals surface area contributed by atoms with Crippen LogP contribution in [-0.4, -0.2) is 13.3 Å². The Hall–Kier alpha value is -2.06. The predicted molar refractivity (Wildman–Crippen MR) is 83.4 cm³/mol. The molecule has 0 saturated heterocycles. The van der Waals surface area contributed by atoms with Crippen molar-refractivity contribution in [2.75, 3.05) is 0 Å². The molecule has 0 aromatic heterocycles. The number of sulfone groups is 1. The monoisotopic (exact) mass is 385 g/mol. The molecule has 0 fully saturated rings. The van der Waals surface area contributed by atoms with E-state index in [-0.39, 0.29) is 15.1 Å². The standard InChI is InChI=1S/C14H9BrFNO4S/c15-13-9-10(1-6-14(13)16)7-8-22(20,21)12-4-2-11(3-5-12)17(18)19/h1-9H/b8-7+. The summed E-state index contributed by atoms with van der Waals surface area (Å²) in [6.07, 6.45) is 1.32. The van der Waals surface area contributed by atoms with Crippen LogP contribution >= 0.6 is 15.9 Å². The third kappa shape index (κ3) is 3.77. The summed E-state index contributed by atoms with van der Waals surface area (Å²) in [5, 5.41) is 11.5. The van der Waals surface area contributed by atoms with E-state index in [0.29, 0.717) is 5.56 Å². The summed E-state index contributed by atoms with van der Waals surface area (Å²) in [5.41, 5.74) is 0.309. The van der Waals surface area contributed by atoms with Gasteiger partial charge in [-0.05, 0) is 51.8 Å². The lowest BCUT2D eigenvalue weighted by atomic mass is 10.2. The molecule has 2 rings (SSSR count). The maximum atomic E-state index is 13.1. The van der Waals surface area contributed by atoms with Gasteiger partial charge in [0.2, 0.25) is 0 Å². The first kappa shape index (κ1) is 16.3. The molecule has 2 aromatic carbocycles. The average Bonchev–Trinajstić information content (AvgIpc) is 2.48. The number of benzene rings is 2. The van der Waals surface area contributed by atoms with Crippen LogP contribution in [0.1, 0.15) is 5.56 Å². The van der Waals surface area contributed by atoms with Crippen LogP contribution in [0.4, 0.5) is 10.1 Å². The zero-order valence-electron chi connectivity index (χ0n) is 10.9. The molecule has 0 spiro atoms. The second-order valence-electron chi connectivity index (χ2n) is 4.27. The fourth-order valence-corrected chi connectivity index (χ4v) is 3.03. The summed E-state index contributed by atoms with van der Waals surface area (Å²) in [6.45, 7) is 0. The Morgan fingerprint density at radius 1 is 1.14 bits per heavy atom. The van der Waals surface area contributed by atoms with Crippen molar-refractivity contribution in [1.82, 2.24) is 0 Å². The smallest absolute Gasteiger partial charge is 0.258 e. The fraction of sp³-hybridized carbons (Fsp3) is 0. The summed E-state index contributed by atoms with van der Waals surface area (Å²) in [7, 11) is -3.74. The largest absolute Gasteiger partial charge is 0.269 e. The topological polar surface area (TPSA) is 77.3 Å². The van der Waals surface area contributed by atoms with E-state index in [2.05, 4.69) is 15.9 Å². The Kier molecular flexibility index (Phi) is 4.72. The van der Waals surface area contributed by atoms with Gasteiger partial charge in [0.25, 0.3) is 5.69 Å². The van der Waals surface area contributed by atoms with Gasteiger partial charge in [0.05, 0.1) is 14.3 Å². The van der Waals surface area contributed by atoms with Crippen LogP contribution < -0.4 is 0 Å². The summed E-state index contributed by atoms with van der Waals surface area (Å²) >= 11 is 3.01. The van der Waals surface area contributed by atoms with Gasteiger partial charge in [-0.25, -0.2) is 12.8 Å². The van der Waals surface area contributed by atoms with Gasteiger partial charge < -0.3 is 0 Å². The SMILES string of the molecule is O=[N+]([O-])c1ccc(S(=O)(=O)/C=C/c2ccc(F)c(Br)c2)cc1. The van der Waals surface area contributed by atoms with Crippen molar-refractivity contribution >= 4 is 37.5 Å². The van der Waals surface area contributed by atoms with Gasteiger partial charge in [0.1, 0.15) is 5.82 Å². The minimum atomic E-state index is -3.74. The molecule has 8 heteroatoms. The van der Waals surface area contributed by atoms with E-state index in [4.69, 9.17) is 0 Å².